The lowest BCUT2D eigenvalue weighted by molar-refractivity contribution is -0.255. The molecule has 0 aliphatic carbocycles. The molecule has 0 atom stereocenters. The highest BCUT2D eigenvalue weighted by atomic mass is 16.5. The second-order valence-electron chi connectivity index (χ2n) is 3.72. The molecule has 0 spiro atoms. The zero-order valence-corrected chi connectivity index (χ0v) is 9.57. The number of carbonyl (C=O) groups excluding carboxylic acids is 1. The minimum atomic E-state index is -1.16. The molecule has 0 heterocycles. The Kier molecular flexibility index (Phi) is 5.40. The summed E-state index contributed by atoms with van der Waals surface area (Å²) in [5.74, 6) is -0.448. The summed E-state index contributed by atoms with van der Waals surface area (Å²) in [6, 6.07) is 6.31. The fourth-order valence-corrected chi connectivity index (χ4v) is 1.41. The summed E-state index contributed by atoms with van der Waals surface area (Å²) in [5.41, 5.74) is 0.179. The van der Waals surface area contributed by atoms with Crippen molar-refractivity contribution in [1.82, 2.24) is 0 Å². The molecule has 0 amide bonds. The Morgan fingerprint density at radius 1 is 1.19 bits per heavy atom. The molecule has 0 aromatic heterocycles. The summed E-state index contributed by atoms with van der Waals surface area (Å²) in [6.07, 6.45) is 4.65. The van der Waals surface area contributed by atoms with Crippen LogP contribution in [0.2, 0.25) is 0 Å². The Balaban J connectivity index is 2.29. The van der Waals surface area contributed by atoms with Gasteiger partial charge in [-0.15, -0.1) is 0 Å². The minimum Gasteiger partial charge on any atom is -0.545 e. The largest absolute Gasteiger partial charge is 0.545 e. The van der Waals surface area contributed by atoms with Gasteiger partial charge < -0.3 is 14.6 Å². The second kappa shape index (κ2) is 6.88. The molecule has 88 valence electrons. The van der Waals surface area contributed by atoms with Crippen LogP contribution in [0.15, 0.2) is 24.3 Å². The molecule has 0 radical (unpaired) electrons. The fourth-order valence-electron chi connectivity index (χ4n) is 1.41. The van der Waals surface area contributed by atoms with E-state index in [4.69, 9.17) is 4.74 Å². The maximum absolute atomic E-state index is 10.5. The summed E-state index contributed by atoms with van der Waals surface area (Å²) in [7, 11) is 0. The molecule has 0 unspecified atom stereocenters. The van der Waals surface area contributed by atoms with Crippen LogP contribution in [-0.4, -0.2) is 12.6 Å². The molecule has 1 aromatic rings. The van der Waals surface area contributed by atoms with Gasteiger partial charge in [0.2, 0.25) is 0 Å². The zero-order valence-electron chi connectivity index (χ0n) is 9.57. The summed E-state index contributed by atoms with van der Waals surface area (Å²) >= 11 is 0. The van der Waals surface area contributed by atoms with Crippen molar-refractivity contribution in [1.29, 1.82) is 0 Å². The summed E-state index contributed by atoms with van der Waals surface area (Å²) in [6.45, 7) is 2.85. The van der Waals surface area contributed by atoms with Gasteiger partial charge in [-0.3, -0.25) is 0 Å². The van der Waals surface area contributed by atoms with Crippen LogP contribution < -0.4 is 9.84 Å². The Hall–Kier alpha value is -1.51. The highest BCUT2D eigenvalue weighted by Crippen LogP contribution is 2.12. The number of hydrogen-bond donors (Lipinski definition) is 0. The molecule has 1 rings (SSSR count). The van der Waals surface area contributed by atoms with Gasteiger partial charge in [0.25, 0.3) is 0 Å². The summed E-state index contributed by atoms with van der Waals surface area (Å²) in [4.78, 5) is 10.5. The van der Waals surface area contributed by atoms with Gasteiger partial charge in [-0.05, 0) is 36.2 Å². The maximum Gasteiger partial charge on any atom is 0.119 e. The Morgan fingerprint density at radius 3 is 2.44 bits per heavy atom. The Bertz CT molecular complexity index is 316. The number of unbranched alkanes of at least 4 members (excludes halogenated alkanes) is 3. The van der Waals surface area contributed by atoms with Gasteiger partial charge in [-0.25, -0.2) is 0 Å². The molecule has 16 heavy (non-hydrogen) atoms. The fraction of sp³-hybridized carbons (Fsp3) is 0.462. The Labute approximate surface area is 96.1 Å². The highest BCUT2D eigenvalue weighted by Gasteiger charge is 1.96. The average Bonchev–Trinajstić information content (AvgIpc) is 2.29. The van der Waals surface area contributed by atoms with Crippen LogP contribution in [0.5, 0.6) is 5.75 Å². The van der Waals surface area contributed by atoms with Gasteiger partial charge in [-0.1, -0.05) is 26.2 Å². The van der Waals surface area contributed by atoms with E-state index in [0.29, 0.717) is 12.4 Å². The van der Waals surface area contributed by atoms with Crippen LogP contribution in [0.3, 0.4) is 0 Å². The number of rotatable bonds is 7. The van der Waals surface area contributed by atoms with Crippen molar-refractivity contribution in [2.45, 2.75) is 32.6 Å². The predicted molar refractivity (Wildman–Crippen MR) is 60.4 cm³/mol. The van der Waals surface area contributed by atoms with Gasteiger partial charge in [0.05, 0.1) is 12.6 Å². The molecule has 0 aliphatic rings. The molecule has 3 nitrogen and oxygen atoms in total. The third-order valence-corrected chi connectivity index (χ3v) is 2.36. The maximum atomic E-state index is 10.5. The van der Waals surface area contributed by atoms with E-state index in [1.807, 2.05) is 0 Å². The third kappa shape index (κ3) is 4.34. The third-order valence-electron chi connectivity index (χ3n) is 2.36. The van der Waals surface area contributed by atoms with E-state index in [0.717, 1.165) is 6.42 Å². The van der Waals surface area contributed by atoms with Crippen molar-refractivity contribution in [3.05, 3.63) is 29.8 Å². The van der Waals surface area contributed by atoms with Gasteiger partial charge in [0, 0.05) is 0 Å². The first kappa shape index (κ1) is 12.6. The predicted octanol–water partition coefficient (Wildman–Crippen LogP) is 2.01. The van der Waals surface area contributed by atoms with E-state index in [9.17, 15) is 9.90 Å². The van der Waals surface area contributed by atoms with Crippen molar-refractivity contribution in [2.75, 3.05) is 6.61 Å². The number of carboxylic acid groups (broad SMARTS) is 1. The molecule has 0 bridgehead atoms. The van der Waals surface area contributed by atoms with E-state index in [2.05, 4.69) is 6.92 Å². The van der Waals surface area contributed by atoms with E-state index in [1.165, 1.54) is 31.4 Å². The van der Waals surface area contributed by atoms with Crippen molar-refractivity contribution < 1.29 is 14.6 Å². The zero-order chi connectivity index (χ0) is 11.8. The highest BCUT2D eigenvalue weighted by molar-refractivity contribution is 5.85. The van der Waals surface area contributed by atoms with Gasteiger partial charge in [0.15, 0.2) is 0 Å². The lowest BCUT2D eigenvalue weighted by Gasteiger charge is -2.07. The SMILES string of the molecule is CCCCCCOc1ccc(C(=O)[O-])cc1. The molecule has 0 saturated heterocycles. The smallest absolute Gasteiger partial charge is 0.119 e. The molecule has 0 saturated carbocycles. The first-order chi connectivity index (χ1) is 7.74. The molecular formula is C13H17O3-. The van der Waals surface area contributed by atoms with Crippen LogP contribution in [-0.2, 0) is 0 Å². The number of aromatic carboxylic acids is 1. The topological polar surface area (TPSA) is 49.4 Å². The lowest BCUT2D eigenvalue weighted by Crippen LogP contribution is -2.21. The number of ether oxygens (including phenoxy) is 1. The van der Waals surface area contributed by atoms with E-state index >= 15 is 0 Å². The lowest BCUT2D eigenvalue weighted by atomic mass is 10.2. The molecule has 3 heteroatoms. The number of carboxylic acids is 1. The van der Waals surface area contributed by atoms with Crippen molar-refractivity contribution in [3.8, 4) is 5.75 Å². The number of carbonyl (C=O) groups is 1. The first-order valence-electron chi connectivity index (χ1n) is 5.68. The van der Waals surface area contributed by atoms with E-state index < -0.39 is 5.97 Å². The van der Waals surface area contributed by atoms with Crippen LogP contribution in [0.1, 0.15) is 43.0 Å². The van der Waals surface area contributed by atoms with E-state index in [1.54, 1.807) is 12.1 Å². The molecule has 0 aliphatic heterocycles. The Morgan fingerprint density at radius 2 is 1.88 bits per heavy atom. The first-order valence-corrected chi connectivity index (χ1v) is 5.68. The van der Waals surface area contributed by atoms with Gasteiger partial charge in [-0.2, -0.15) is 0 Å². The molecule has 0 fully saturated rings. The van der Waals surface area contributed by atoms with Crippen LogP contribution in [0.4, 0.5) is 0 Å². The summed E-state index contributed by atoms with van der Waals surface area (Å²) in [5, 5.41) is 10.5. The molecule has 1 aromatic carbocycles. The van der Waals surface area contributed by atoms with Crippen molar-refractivity contribution in [2.24, 2.45) is 0 Å². The molecule has 0 N–H and O–H groups in total. The molecular weight excluding hydrogens is 204 g/mol. The number of hydrogen-bond acceptors (Lipinski definition) is 3. The minimum absolute atomic E-state index is 0.179. The normalized spacial score (nSPS) is 10.1. The van der Waals surface area contributed by atoms with Crippen LogP contribution >= 0.6 is 0 Å². The van der Waals surface area contributed by atoms with Gasteiger partial charge in [0.1, 0.15) is 5.75 Å². The second-order valence-corrected chi connectivity index (χ2v) is 3.72. The van der Waals surface area contributed by atoms with E-state index in [-0.39, 0.29) is 5.56 Å². The van der Waals surface area contributed by atoms with Crippen molar-refractivity contribution >= 4 is 5.97 Å². The quantitative estimate of drug-likeness (QED) is 0.662. The van der Waals surface area contributed by atoms with Gasteiger partial charge >= 0.3 is 0 Å². The van der Waals surface area contributed by atoms with Crippen LogP contribution in [0.25, 0.3) is 0 Å². The van der Waals surface area contributed by atoms with Crippen LogP contribution in [0, 0.1) is 0 Å². The standard InChI is InChI=1S/C13H18O3/c1-2-3-4-5-10-16-12-8-6-11(7-9-12)13(14)15/h6-9H,2-5,10H2,1H3,(H,14,15)/p-1. The number of benzene rings is 1. The average molecular weight is 221 g/mol. The van der Waals surface area contributed by atoms with Crippen molar-refractivity contribution in [3.63, 3.8) is 0 Å². The summed E-state index contributed by atoms with van der Waals surface area (Å²) < 4.78 is 5.47. The monoisotopic (exact) mass is 221 g/mol.